The van der Waals surface area contributed by atoms with Crippen molar-refractivity contribution in [1.29, 1.82) is 0 Å². The minimum absolute atomic E-state index is 0.182. The lowest BCUT2D eigenvalue weighted by molar-refractivity contribution is 0.105. The van der Waals surface area contributed by atoms with Crippen molar-refractivity contribution < 1.29 is 4.79 Å². The Morgan fingerprint density at radius 1 is 1.08 bits per heavy atom. The van der Waals surface area contributed by atoms with Gasteiger partial charge < -0.3 is 4.90 Å². The molecule has 0 bridgehead atoms. The van der Waals surface area contributed by atoms with Crippen LogP contribution < -0.4 is 0 Å². The molecule has 7 heteroatoms. The molecule has 0 N–H and O–H groups in total. The van der Waals surface area contributed by atoms with E-state index in [1.54, 1.807) is 40.0 Å². The highest BCUT2D eigenvalue weighted by molar-refractivity contribution is 6.31. The van der Waals surface area contributed by atoms with Gasteiger partial charge in [0, 0.05) is 30.9 Å². The molecule has 1 aromatic heterocycles. The minimum Gasteiger partial charge on any atom is -0.383 e. The molecule has 3 aromatic rings. The van der Waals surface area contributed by atoms with E-state index >= 15 is 0 Å². The van der Waals surface area contributed by atoms with Crippen LogP contribution in [0.15, 0.2) is 54.7 Å². The third-order valence-corrected chi connectivity index (χ3v) is 3.98. The summed E-state index contributed by atoms with van der Waals surface area (Å²) in [6.07, 6.45) is 1.72. The summed E-state index contributed by atoms with van der Waals surface area (Å²) >= 11 is 5.93. The number of rotatable bonds is 5. The quantitative estimate of drug-likeness (QED) is 0.510. The number of nitrogens with zero attached hydrogens (tertiary/aromatic N) is 5. The molecule has 0 atom stereocenters. The van der Waals surface area contributed by atoms with Crippen LogP contribution in [0.3, 0.4) is 0 Å². The van der Waals surface area contributed by atoms with Crippen LogP contribution in [0.4, 0.5) is 0 Å². The number of hydrogen-bond donors (Lipinski definition) is 0. The number of carbonyl (C=O) groups is 1. The fourth-order valence-corrected chi connectivity index (χ4v) is 2.57. The molecule has 6 nitrogen and oxygen atoms in total. The summed E-state index contributed by atoms with van der Waals surface area (Å²) in [5.74, 6) is 0.195. The van der Waals surface area contributed by atoms with Crippen molar-refractivity contribution in [2.45, 2.75) is 6.92 Å². The first-order valence-electron chi connectivity index (χ1n) is 8.00. The van der Waals surface area contributed by atoms with Crippen molar-refractivity contribution in [2.75, 3.05) is 14.1 Å². The first-order valence-corrected chi connectivity index (χ1v) is 8.38. The second-order valence-corrected chi connectivity index (χ2v) is 6.53. The monoisotopic (exact) mass is 367 g/mol. The predicted octanol–water partition coefficient (Wildman–Crippen LogP) is 3.41. The number of aryl methyl sites for hydroxylation is 1. The Bertz CT molecular complexity index is 943. The standard InChI is InChI=1S/C19H18ClN5O/c1-13-4-10-16(11-5-13)25-19(21-22-23-25)17(12-24(2)3)18(26)14-6-8-15(20)9-7-14/h4-12H,1-3H3. The van der Waals surface area contributed by atoms with Gasteiger partial charge in [-0.25, -0.2) is 0 Å². The van der Waals surface area contributed by atoms with Crippen LogP contribution in [-0.2, 0) is 0 Å². The van der Waals surface area contributed by atoms with Gasteiger partial charge in [0.05, 0.1) is 11.3 Å². The van der Waals surface area contributed by atoms with E-state index in [4.69, 9.17) is 11.6 Å². The Labute approximate surface area is 156 Å². The van der Waals surface area contributed by atoms with E-state index in [2.05, 4.69) is 15.5 Å². The van der Waals surface area contributed by atoms with Crippen LogP contribution >= 0.6 is 11.6 Å². The number of aromatic nitrogens is 4. The van der Waals surface area contributed by atoms with Crippen molar-refractivity contribution in [3.8, 4) is 5.69 Å². The summed E-state index contributed by atoms with van der Waals surface area (Å²) in [6.45, 7) is 2.01. The number of hydrogen-bond acceptors (Lipinski definition) is 5. The highest BCUT2D eigenvalue weighted by Gasteiger charge is 2.22. The zero-order chi connectivity index (χ0) is 18.7. The van der Waals surface area contributed by atoms with Crippen molar-refractivity contribution in [3.05, 3.63) is 76.7 Å². The maximum absolute atomic E-state index is 13.1. The number of Topliss-reactive ketones (excluding diaryl/α,β-unsaturated/α-hetero) is 1. The lowest BCUT2D eigenvalue weighted by atomic mass is 10.0. The molecule has 0 aliphatic rings. The molecule has 0 unspecified atom stereocenters. The maximum Gasteiger partial charge on any atom is 0.198 e. The van der Waals surface area contributed by atoms with Gasteiger partial charge in [-0.1, -0.05) is 29.3 Å². The van der Waals surface area contributed by atoms with Crippen LogP contribution in [0.25, 0.3) is 11.3 Å². The fraction of sp³-hybridized carbons (Fsp3) is 0.158. The molecule has 0 aliphatic carbocycles. The molecule has 0 radical (unpaired) electrons. The highest BCUT2D eigenvalue weighted by Crippen LogP contribution is 2.22. The van der Waals surface area contributed by atoms with Crippen LogP contribution in [0.1, 0.15) is 21.7 Å². The van der Waals surface area contributed by atoms with Gasteiger partial charge in [-0.15, -0.1) is 5.10 Å². The van der Waals surface area contributed by atoms with Crippen LogP contribution in [0.5, 0.6) is 0 Å². The second kappa shape index (κ2) is 7.49. The van der Waals surface area contributed by atoms with Crippen molar-refractivity contribution in [1.82, 2.24) is 25.1 Å². The van der Waals surface area contributed by atoms with E-state index in [1.165, 1.54) is 0 Å². The van der Waals surface area contributed by atoms with Crippen LogP contribution in [0, 0.1) is 6.92 Å². The Morgan fingerprint density at radius 2 is 1.73 bits per heavy atom. The van der Waals surface area contributed by atoms with Gasteiger partial charge in [-0.3, -0.25) is 4.79 Å². The number of allylic oxidation sites excluding steroid dienone is 1. The molecule has 26 heavy (non-hydrogen) atoms. The van der Waals surface area contributed by atoms with Gasteiger partial charge >= 0.3 is 0 Å². The molecule has 132 valence electrons. The lowest BCUT2D eigenvalue weighted by Gasteiger charge is -2.12. The molecule has 0 fully saturated rings. The molecule has 2 aromatic carbocycles. The smallest absolute Gasteiger partial charge is 0.198 e. The Hall–Kier alpha value is -2.99. The first-order chi connectivity index (χ1) is 12.5. The van der Waals surface area contributed by atoms with Crippen molar-refractivity contribution in [3.63, 3.8) is 0 Å². The summed E-state index contributed by atoms with van der Waals surface area (Å²) in [6, 6.07) is 14.5. The molecular formula is C19H18ClN5O. The highest BCUT2D eigenvalue weighted by atomic mass is 35.5. The number of carbonyl (C=O) groups excluding carboxylic acids is 1. The van der Waals surface area contributed by atoms with Crippen molar-refractivity contribution >= 4 is 23.0 Å². The third kappa shape index (κ3) is 3.81. The summed E-state index contributed by atoms with van der Waals surface area (Å²) in [5.41, 5.74) is 2.82. The lowest BCUT2D eigenvalue weighted by Crippen LogP contribution is -2.13. The van der Waals surface area contributed by atoms with E-state index < -0.39 is 0 Å². The van der Waals surface area contributed by atoms with Gasteiger partial charge in [0.2, 0.25) is 0 Å². The molecular weight excluding hydrogens is 350 g/mol. The normalized spacial score (nSPS) is 11.5. The molecule has 3 rings (SSSR count). The Balaban J connectivity index is 2.08. The first kappa shape index (κ1) is 17.8. The summed E-state index contributed by atoms with van der Waals surface area (Å²) < 4.78 is 1.56. The average molecular weight is 368 g/mol. The Morgan fingerprint density at radius 3 is 2.35 bits per heavy atom. The van der Waals surface area contributed by atoms with Crippen LogP contribution in [-0.4, -0.2) is 45.0 Å². The molecule has 0 amide bonds. The van der Waals surface area contributed by atoms with Crippen LogP contribution in [0.2, 0.25) is 5.02 Å². The fourth-order valence-electron chi connectivity index (χ4n) is 2.45. The van der Waals surface area contributed by atoms with E-state index in [0.717, 1.165) is 11.3 Å². The summed E-state index contributed by atoms with van der Waals surface area (Å²) in [7, 11) is 3.68. The van der Waals surface area contributed by atoms with Gasteiger partial charge in [0.15, 0.2) is 11.6 Å². The second-order valence-electron chi connectivity index (χ2n) is 6.09. The van der Waals surface area contributed by atoms with Gasteiger partial charge in [0.1, 0.15) is 0 Å². The topological polar surface area (TPSA) is 63.9 Å². The summed E-state index contributed by atoms with van der Waals surface area (Å²) in [4.78, 5) is 14.9. The Kier molecular flexibility index (Phi) is 5.14. The average Bonchev–Trinajstić information content (AvgIpc) is 3.09. The van der Waals surface area contributed by atoms with E-state index in [0.29, 0.717) is 22.0 Å². The van der Waals surface area contributed by atoms with Crippen molar-refractivity contribution in [2.24, 2.45) is 0 Å². The molecule has 0 aliphatic heterocycles. The molecule has 0 saturated heterocycles. The zero-order valence-electron chi connectivity index (χ0n) is 14.7. The SMILES string of the molecule is Cc1ccc(-n2nnnc2C(=CN(C)C)C(=O)c2ccc(Cl)cc2)cc1. The number of ketones is 1. The van der Waals surface area contributed by atoms with Gasteiger partial charge in [-0.2, -0.15) is 4.68 Å². The molecule has 1 heterocycles. The maximum atomic E-state index is 13.1. The number of halogens is 1. The molecule has 0 saturated carbocycles. The van der Waals surface area contributed by atoms with E-state index in [-0.39, 0.29) is 5.78 Å². The van der Waals surface area contributed by atoms with Gasteiger partial charge in [0.25, 0.3) is 0 Å². The minimum atomic E-state index is -0.182. The molecule has 0 spiro atoms. The number of tetrazole rings is 1. The summed E-state index contributed by atoms with van der Waals surface area (Å²) in [5, 5.41) is 12.5. The van der Waals surface area contributed by atoms with E-state index in [1.807, 2.05) is 45.3 Å². The third-order valence-electron chi connectivity index (χ3n) is 3.73. The zero-order valence-corrected chi connectivity index (χ0v) is 15.5. The predicted molar refractivity (Wildman–Crippen MR) is 101 cm³/mol. The van der Waals surface area contributed by atoms with Gasteiger partial charge in [-0.05, 0) is 53.7 Å². The van der Waals surface area contributed by atoms with E-state index in [9.17, 15) is 4.79 Å². The number of benzene rings is 2. The largest absolute Gasteiger partial charge is 0.383 e.